The second kappa shape index (κ2) is 7.69. The number of nitro benzene ring substituents is 1. The number of amides is 1. The number of rotatable bonds is 6. The second-order valence-electron chi connectivity index (χ2n) is 4.62. The van der Waals surface area contributed by atoms with Crippen LogP contribution in [0.4, 0.5) is 5.69 Å². The van der Waals surface area contributed by atoms with Crippen molar-refractivity contribution in [1.29, 1.82) is 0 Å². The lowest BCUT2D eigenvalue weighted by molar-refractivity contribution is -0.385. The Morgan fingerprint density at radius 3 is 2.57 bits per heavy atom. The fourth-order valence-corrected chi connectivity index (χ4v) is 1.78. The second-order valence-corrected chi connectivity index (χ2v) is 4.62. The quantitative estimate of drug-likeness (QED) is 0.503. The van der Waals surface area contributed by atoms with E-state index >= 15 is 0 Å². The summed E-state index contributed by atoms with van der Waals surface area (Å²) in [6, 6.07) is 15.0. The van der Waals surface area contributed by atoms with Crippen LogP contribution in [0.2, 0.25) is 0 Å². The van der Waals surface area contributed by atoms with Crippen LogP contribution < -0.4 is 10.2 Å². The van der Waals surface area contributed by atoms with Crippen LogP contribution in [0.3, 0.4) is 0 Å². The molecule has 0 fully saturated rings. The molecule has 1 amide bonds. The lowest BCUT2D eigenvalue weighted by atomic mass is 10.2. The summed E-state index contributed by atoms with van der Waals surface area (Å²) in [5, 5.41) is 14.6. The van der Waals surface area contributed by atoms with Gasteiger partial charge in [-0.25, -0.2) is 5.43 Å². The Bertz CT molecular complexity index is 716. The summed E-state index contributed by atoms with van der Waals surface area (Å²) in [6.07, 6.45) is 0.478. The molecule has 0 heterocycles. The van der Waals surface area contributed by atoms with E-state index in [4.69, 9.17) is 4.74 Å². The van der Waals surface area contributed by atoms with Crippen LogP contribution in [0, 0.1) is 10.1 Å². The molecule has 2 aromatic carbocycles. The van der Waals surface area contributed by atoms with Gasteiger partial charge in [0.05, 0.1) is 16.7 Å². The predicted octanol–water partition coefficient (Wildman–Crippen LogP) is 2.51. The van der Waals surface area contributed by atoms with Gasteiger partial charge in [0.1, 0.15) is 5.75 Å². The van der Waals surface area contributed by atoms with E-state index < -0.39 is 16.9 Å². The number of hydrazone groups is 1. The Balaban J connectivity index is 1.95. The van der Waals surface area contributed by atoms with Gasteiger partial charge in [-0.1, -0.05) is 30.3 Å². The Kier molecular flexibility index (Phi) is 5.40. The summed E-state index contributed by atoms with van der Waals surface area (Å²) < 4.78 is 5.45. The molecule has 1 unspecified atom stereocenters. The van der Waals surface area contributed by atoms with Crippen molar-refractivity contribution in [3.05, 3.63) is 70.3 Å². The lowest BCUT2D eigenvalue weighted by Gasteiger charge is -2.12. The third-order valence-electron chi connectivity index (χ3n) is 2.94. The average molecular weight is 313 g/mol. The molecule has 1 N–H and O–H groups in total. The first kappa shape index (κ1) is 16.2. The smallest absolute Gasteiger partial charge is 0.280 e. The van der Waals surface area contributed by atoms with Gasteiger partial charge in [0.25, 0.3) is 11.6 Å². The highest BCUT2D eigenvalue weighted by atomic mass is 16.6. The molecule has 0 aliphatic rings. The molecule has 0 aliphatic carbocycles. The SMILES string of the molecule is CC(Oc1ccccc1)C(=O)NN=Cc1ccccc1[N+](=O)[O-]. The summed E-state index contributed by atoms with van der Waals surface area (Å²) >= 11 is 0. The molecule has 7 heteroatoms. The van der Waals surface area contributed by atoms with Gasteiger partial charge in [0.2, 0.25) is 0 Å². The van der Waals surface area contributed by atoms with E-state index in [9.17, 15) is 14.9 Å². The lowest BCUT2D eigenvalue weighted by Crippen LogP contribution is -2.33. The van der Waals surface area contributed by atoms with Crippen LogP contribution in [0.25, 0.3) is 0 Å². The zero-order valence-corrected chi connectivity index (χ0v) is 12.4. The van der Waals surface area contributed by atoms with Gasteiger partial charge in [0.15, 0.2) is 6.10 Å². The van der Waals surface area contributed by atoms with E-state index in [1.807, 2.05) is 6.07 Å². The molecule has 2 aromatic rings. The summed E-state index contributed by atoms with van der Waals surface area (Å²) in [5.74, 6) is 0.113. The van der Waals surface area contributed by atoms with E-state index in [1.165, 1.54) is 18.3 Å². The Labute approximate surface area is 132 Å². The van der Waals surface area contributed by atoms with Crippen molar-refractivity contribution >= 4 is 17.8 Å². The molecule has 1 atom stereocenters. The molecule has 0 saturated heterocycles. The van der Waals surface area contributed by atoms with Crippen molar-refractivity contribution in [3.63, 3.8) is 0 Å². The number of para-hydroxylation sites is 2. The van der Waals surface area contributed by atoms with Gasteiger partial charge in [-0.3, -0.25) is 14.9 Å². The molecule has 0 radical (unpaired) electrons. The first-order valence-corrected chi connectivity index (χ1v) is 6.86. The van der Waals surface area contributed by atoms with Crippen LogP contribution in [0.15, 0.2) is 59.7 Å². The minimum atomic E-state index is -0.750. The van der Waals surface area contributed by atoms with Crippen LogP contribution in [0.5, 0.6) is 5.75 Å². The van der Waals surface area contributed by atoms with Gasteiger partial charge in [-0.15, -0.1) is 0 Å². The number of nitrogens with zero attached hydrogens (tertiary/aromatic N) is 2. The number of carbonyl (C=O) groups excluding carboxylic acids is 1. The summed E-state index contributed by atoms with van der Waals surface area (Å²) in [6.45, 7) is 1.59. The highest BCUT2D eigenvalue weighted by molar-refractivity contribution is 5.87. The van der Waals surface area contributed by atoms with Crippen molar-refractivity contribution in [1.82, 2.24) is 5.43 Å². The maximum atomic E-state index is 11.9. The summed E-state index contributed by atoms with van der Waals surface area (Å²) in [5.41, 5.74) is 2.52. The number of hydrogen-bond donors (Lipinski definition) is 1. The third kappa shape index (κ3) is 4.63. The van der Waals surface area contributed by atoms with E-state index in [-0.39, 0.29) is 5.69 Å². The molecular formula is C16H15N3O4. The molecule has 0 aromatic heterocycles. The minimum Gasteiger partial charge on any atom is -0.481 e. The first-order valence-electron chi connectivity index (χ1n) is 6.86. The Morgan fingerprint density at radius 1 is 1.22 bits per heavy atom. The number of carbonyl (C=O) groups is 1. The van der Waals surface area contributed by atoms with E-state index in [0.717, 1.165) is 0 Å². The van der Waals surface area contributed by atoms with Crippen LogP contribution in [-0.4, -0.2) is 23.1 Å². The molecule has 118 valence electrons. The van der Waals surface area contributed by atoms with Crippen molar-refractivity contribution in [2.45, 2.75) is 13.0 Å². The topological polar surface area (TPSA) is 93.8 Å². The highest BCUT2D eigenvalue weighted by Crippen LogP contribution is 2.15. The minimum absolute atomic E-state index is 0.0842. The number of benzene rings is 2. The molecule has 0 saturated carbocycles. The monoisotopic (exact) mass is 313 g/mol. The molecular weight excluding hydrogens is 298 g/mol. The van der Waals surface area contributed by atoms with Crippen LogP contribution in [-0.2, 0) is 4.79 Å². The number of nitrogens with one attached hydrogen (secondary N) is 1. The standard InChI is InChI=1S/C16H15N3O4/c1-12(23-14-8-3-2-4-9-14)16(20)18-17-11-13-7-5-6-10-15(13)19(21)22/h2-12H,1H3,(H,18,20). The van der Waals surface area contributed by atoms with Gasteiger partial charge >= 0.3 is 0 Å². The van der Waals surface area contributed by atoms with Crippen molar-refractivity contribution < 1.29 is 14.5 Å². The molecule has 0 spiro atoms. The molecule has 0 bridgehead atoms. The van der Waals surface area contributed by atoms with Gasteiger partial charge in [-0.05, 0) is 25.1 Å². The summed E-state index contributed by atoms with van der Waals surface area (Å²) in [4.78, 5) is 22.2. The molecule has 0 aliphatic heterocycles. The predicted molar refractivity (Wildman–Crippen MR) is 85.4 cm³/mol. The van der Waals surface area contributed by atoms with Crippen molar-refractivity contribution in [3.8, 4) is 5.75 Å². The van der Waals surface area contributed by atoms with E-state index in [0.29, 0.717) is 11.3 Å². The van der Waals surface area contributed by atoms with Crippen molar-refractivity contribution in [2.24, 2.45) is 5.10 Å². The zero-order valence-electron chi connectivity index (χ0n) is 12.4. The molecule has 7 nitrogen and oxygen atoms in total. The number of nitro groups is 1. The average Bonchev–Trinajstić information content (AvgIpc) is 2.56. The van der Waals surface area contributed by atoms with Gasteiger partial charge in [-0.2, -0.15) is 5.10 Å². The largest absolute Gasteiger partial charge is 0.481 e. The molecule has 2 rings (SSSR count). The first-order chi connectivity index (χ1) is 11.1. The maximum absolute atomic E-state index is 11.9. The third-order valence-corrected chi connectivity index (χ3v) is 2.94. The number of ether oxygens (including phenoxy) is 1. The Hall–Kier alpha value is -3.22. The normalized spacial score (nSPS) is 11.9. The maximum Gasteiger partial charge on any atom is 0.280 e. The van der Waals surface area contributed by atoms with Gasteiger partial charge in [0, 0.05) is 6.07 Å². The Morgan fingerprint density at radius 2 is 1.87 bits per heavy atom. The van der Waals surface area contributed by atoms with E-state index in [1.54, 1.807) is 43.3 Å². The number of hydrogen-bond acceptors (Lipinski definition) is 5. The fraction of sp³-hybridized carbons (Fsp3) is 0.125. The molecule has 23 heavy (non-hydrogen) atoms. The van der Waals surface area contributed by atoms with Crippen molar-refractivity contribution in [2.75, 3.05) is 0 Å². The zero-order chi connectivity index (χ0) is 16.7. The van der Waals surface area contributed by atoms with Crippen LogP contribution in [0.1, 0.15) is 12.5 Å². The summed E-state index contributed by atoms with van der Waals surface area (Å²) in [7, 11) is 0. The van der Waals surface area contributed by atoms with Crippen LogP contribution >= 0.6 is 0 Å². The fourth-order valence-electron chi connectivity index (χ4n) is 1.78. The highest BCUT2D eigenvalue weighted by Gasteiger charge is 2.14. The van der Waals surface area contributed by atoms with E-state index in [2.05, 4.69) is 10.5 Å². The van der Waals surface area contributed by atoms with Gasteiger partial charge < -0.3 is 4.74 Å².